The zero-order valence-corrected chi connectivity index (χ0v) is 68.3. The van der Waals surface area contributed by atoms with E-state index >= 15 is 0 Å². The van der Waals surface area contributed by atoms with Crippen LogP contribution in [0.15, 0.2) is 60.7 Å². The summed E-state index contributed by atoms with van der Waals surface area (Å²) in [5, 5.41) is 10.9. The number of likely N-dealkylation sites (tertiary alicyclic amines) is 1. The van der Waals surface area contributed by atoms with Crippen molar-refractivity contribution < 1.29 is 72.2 Å². The molecule has 1 aliphatic rings. The second kappa shape index (κ2) is 227. The van der Waals surface area contributed by atoms with E-state index in [2.05, 4.69) is 154 Å². The van der Waals surface area contributed by atoms with Crippen molar-refractivity contribution >= 4 is 92.4 Å². The summed E-state index contributed by atoms with van der Waals surface area (Å²) < 4.78 is 0. The molecule has 0 spiro atoms. The number of benzene rings is 2. The summed E-state index contributed by atoms with van der Waals surface area (Å²) in [5.74, 6) is 2.95. The summed E-state index contributed by atoms with van der Waals surface area (Å²) >= 11 is 0. The summed E-state index contributed by atoms with van der Waals surface area (Å²) in [6.45, 7) is 66.7. The number of aryl methyl sites for hydroxylation is 1. The molecule has 98 heavy (non-hydrogen) atoms. The lowest BCUT2D eigenvalue weighted by Gasteiger charge is -2.31. The first-order chi connectivity index (χ1) is 45.6. The first kappa shape index (κ1) is 174. The van der Waals surface area contributed by atoms with E-state index in [0.717, 1.165) is 68.0 Å². The monoisotopic (exact) mass is 1430 g/mol. The lowest BCUT2D eigenvalue weighted by molar-refractivity contribution is -0.140. The maximum Gasteiger partial charge on any atom is 0.244 e. The van der Waals surface area contributed by atoms with Gasteiger partial charge in [-0.25, -0.2) is 0 Å². The van der Waals surface area contributed by atoms with E-state index < -0.39 is 12.1 Å². The SMILES string of the molecule is C=O.C=O.C=O.C=O.C=O.C=O.C=O.C=O.C=O.C=O.C=O.CC.CC.CC(=O)N(C)[C@@H](Cc1ccccc1)C(=O)N[C@@H](C)C(=O)N1CCCCC1.CC(C)C.CC(C)O.CCC(C)C.CCC(C)C.CCC(C)C.CCc1ccccc1.CN.CN.CN.CN.CN.CN.N.N.N. The topological polar surface area (TPSA) is 539 Å². The zero-order valence-electron chi connectivity index (χ0n) is 68.3. The van der Waals surface area contributed by atoms with Crippen molar-refractivity contribution in [1.82, 2.24) is 33.6 Å². The van der Waals surface area contributed by atoms with Crippen LogP contribution >= 0.6 is 0 Å². The molecule has 1 fully saturated rings. The molecular weight excluding hydrogens is 1260 g/mol. The number of amides is 3. The second-order valence-electron chi connectivity index (χ2n) is 17.0. The fourth-order valence-corrected chi connectivity index (χ4v) is 3.94. The Hall–Kier alpha value is -7.18. The highest BCUT2D eigenvalue weighted by molar-refractivity contribution is 5.91. The molecule has 0 aromatic heterocycles. The van der Waals surface area contributed by atoms with Gasteiger partial charge in [0.25, 0.3) is 0 Å². The third-order valence-corrected chi connectivity index (χ3v) is 8.64. The van der Waals surface area contributed by atoms with Crippen molar-refractivity contribution in [2.24, 2.45) is 58.1 Å². The van der Waals surface area contributed by atoms with Crippen molar-refractivity contribution in [1.29, 1.82) is 0 Å². The predicted octanol–water partition coefficient (Wildman–Crippen LogP) is 10.0. The summed E-state index contributed by atoms with van der Waals surface area (Å²) in [6.07, 6.45) is 8.47. The molecule has 1 saturated heterocycles. The molecular formula is C71H166N12O15. The number of aliphatic hydroxyl groups is 1. The Balaban J connectivity index is -0.0000000256. The first-order valence-corrected chi connectivity index (χ1v) is 30.8. The van der Waals surface area contributed by atoms with Gasteiger partial charge in [0.1, 0.15) is 86.8 Å². The molecule has 0 saturated carbocycles. The summed E-state index contributed by atoms with van der Waals surface area (Å²) in [4.78, 5) is 128. The van der Waals surface area contributed by atoms with Gasteiger partial charge in [-0.3, -0.25) is 14.4 Å². The average Bonchev–Trinajstić information content (AvgIpc) is 0.919. The number of rotatable bonds is 10. The standard InChI is InChI=1S/C20H29N3O3.C8H10.3C5H12.C4H10.C3H8O.2C2H6.6CH5N.11CH2O.3H3N/c1-15(20(26)23-12-8-5-9-13-23)21-19(25)18(22(3)16(2)24)14-17-10-6-4-7-11-17;1-2-8-6-4-3-5-7-8;3*1-4-5(2)3;1-4(2)3;1-3(2)4;19*1-2;;;/h4,6-7,10-11,15,18H,5,8-9,12-14H2,1-3H3,(H,21,25);3-7H,2H2,1H3;3*5H,4H2,1-3H3;4H,1-3H3;3-4H,1-2H3;2*1-2H3;6*2H2,1H3;11*1H2;3*1H3/t15-,18-;;;;;;;;;;;;;;;;;;;;;;;;;;;;/m0............................/s1. The van der Waals surface area contributed by atoms with Gasteiger partial charge in [0.05, 0.1) is 0 Å². The van der Waals surface area contributed by atoms with Crippen LogP contribution in [0.1, 0.15) is 195 Å². The maximum absolute atomic E-state index is 12.8. The van der Waals surface area contributed by atoms with Gasteiger partial charge in [0.15, 0.2) is 0 Å². The number of piperidine rings is 1. The molecule has 600 valence electrons. The van der Waals surface area contributed by atoms with Crippen LogP contribution in [0.4, 0.5) is 0 Å². The second-order valence-corrected chi connectivity index (χ2v) is 17.0. The molecule has 3 amide bonds. The van der Waals surface area contributed by atoms with E-state index in [4.69, 9.17) is 57.8 Å². The zero-order chi connectivity index (χ0) is 82.9. The third-order valence-electron chi connectivity index (χ3n) is 8.64. The van der Waals surface area contributed by atoms with Gasteiger partial charge in [-0.2, -0.15) is 0 Å². The van der Waals surface area contributed by atoms with Crippen LogP contribution in [-0.4, -0.2) is 188 Å². The van der Waals surface area contributed by atoms with Crippen LogP contribution in [0.3, 0.4) is 0 Å². The van der Waals surface area contributed by atoms with E-state index in [9.17, 15) is 14.4 Å². The quantitative estimate of drug-likeness (QED) is 0.105. The average molecular weight is 1430 g/mol. The van der Waals surface area contributed by atoms with Gasteiger partial charge in [-0.05, 0) is 124 Å². The Morgan fingerprint density at radius 1 is 0.439 bits per heavy atom. The van der Waals surface area contributed by atoms with Gasteiger partial charge in [0.2, 0.25) is 17.7 Å². The largest absolute Gasteiger partial charge is 0.394 e. The van der Waals surface area contributed by atoms with Crippen LogP contribution in [-0.2, 0) is 80.0 Å². The molecule has 27 nitrogen and oxygen atoms in total. The molecule has 0 bridgehead atoms. The predicted molar refractivity (Wildman–Crippen MR) is 426 cm³/mol. The molecule has 2 aromatic rings. The Morgan fingerprint density at radius 3 is 0.796 bits per heavy atom. The fourth-order valence-electron chi connectivity index (χ4n) is 3.94. The van der Waals surface area contributed by atoms with E-state index in [1.54, 1.807) is 27.8 Å². The summed E-state index contributed by atoms with van der Waals surface area (Å²) in [5.41, 5.74) is 29.4. The van der Waals surface area contributed by atoms with Crippen molar-refractivity contribution in [3.8, 4) is 0 Å². The molecule has 0 radical (unpaired) electrons. The number of nitrogens with two attached hydrogens (primary N) is 6. The Labute approximate surface area is 603 Å². The number of carbonyl (C=O) groups excluding carboxylic acids is 14. The molecule has 23 N–H and O–H groups in total. The number of likely N-dealkylation sites (N-methyl/N-ethyl adjacent to an activating group) is 1. The van der Waals surface area contributed by atoms with Crippen LogP contribution in [0.5, 0.6) is 0 Å². The molecule has 3 rings (SSSR count). The molecule has 0 aliphatic carbocycles. The number of nitrogens with zero attached hydrogens (tertiary/aromatic N) is 2. The maximum atomic E-state index is 12.8. The highest BCUT2D eigenvalue weighted by Crippen LogP contribution is 2.12. The number of hydrogen-bond donors (Lipinski definition) is 11. The molecule has 0 unspecified atom stereocenters. The third kappa shape index (κ3) is 246. The number of aliphatic hydroxyl groups excluding tert-OH is 1. The fraction of sp³-hybridized carbons (Fsp3) is 0.634. The van der Waals surface area contributed by atoms with E-state index in [1.807, 2.05) is 144 Å². The smallest absolute Gasteiger partial charge is 0.244 e. The highest BCUT2D eigenvalue weighted by Gasteiger charge is 2.29. The van der Waals surface area contributed by atoms with Gasteiger partial charge >= 0.3 is 0 Å². The van der Waals surface area contributed by atoms with Crippen LogP contribution in [0.25, 0.3) is 0 Å². The molecule has 1 aliphatic heterocycles. The van der Waals surface area contributed by atoms with Gasteiger partial charge in [-0.1, -0.05) is 198 Å². The molecule has 2 atom stereocenters. The van der Waals surface area contributed by atoms with Crippen molar-refractivity contribution in [2.75, 3.05) is 62.4 Å². The number of carbonyl (C=O) groups is 14. The minimum absolute atomic E-state index is 0. The number of hydrogen-bond acceptors (Lipinski definition) is 24. The van der Waals surface area contributed by atoms with Crippen LogP contribution in [0, 0.1) is 23.7 Å². The first-order valence-electron chi connectivity index (χ1n) is 30.8. The lowest BCUT2D eigenvalue weighted by Crippen LogP contribution is -2.54. The number of nitrogens with one attached hydrogen (secondary N) is 1. The van der Waals surface area contributed by atoms with Crippen LogP contribution in [0.2, 0.25) is 0 Å². The Kier molecular flexibility index (Phi) is 405. The Morgan fingerprint density at radius 2 is 0.633 bits per heavy atom. The van der Waals surface area contributed by atoms with Gasteiger partial charge in [-0.15, -0.1) is 0 Å². The van der Waals surface area contributed by atoms with Gasteiger partial charge in [0, 0.05) is 39.6 Å². The molecule has 1 heterocycles. The summed E-state index contributed by atoms with van der Waals surface area (Å²) in [7, 11) is 10.6. The van der Waals surface area contributed by atoms with Crippen molar-refractivity contribution in [2.45, 2.75) is 215 Å². The Bertz CT molecular complexity index is 1360. The van der Waals surface area contributed by atoms with Crippen molar-refractivity contribution in [3.63, 3.8) is 0 Å². The van der Waals surface area contributed by atoms with Crippen molar-refractivity contribution in [3.05, 3.63) is 71.8 Å². The van der Waals surface area contributed by atoms with E-state index in [1.165, 1.54) is 78.9 Å². The minimum Gasteiger partial charge on any atom is -0.394 e. The van der Waals surface area contributed by atoms with E-state index in [-0.39, 0.29) is 42.3 Å². The highest BCUT2D eigenvalue weighted by atomic mass is 16.3. The van der Waals surface area contributed by atoms with Gasteiger partial charge < -0.3 is 126 Å². The molecule has 2 aromatic carbocycles. The lowest BCUT2D eigenvalue weighted by atomic mass is 10.0. The normalized spacial score (nSPS) is 8.27. The van der Waals surface area contributed by atoms with Crippen LogP contribution < -0.4 is 58.2 Å². The minimum atomic E-state index is -0.647. The summed E-state index contributed by atoms with van der Waals surface area (Å²) in [6, 6.07) is 18.8. The molecule has 27 heteroatoms. The van der Waals surface area contributed by atoms with E-state index in [0.29, 0.717) is 6.42 Å².